The van der Waals surface area contributed by atoms with Crippen LogP contribution in [-0.4, -0.2) is 23.1 Å². The number of phenols is 2. The Morgan fingerprint density at radius 1 is 0.619 bits per heavy atom. The Morgan fingerprint density at radius 2 is 0.905 bits per heavy atom. The highest BCUT2D eigenvalue weighted by Gasteiger charge is 2.51. The maximum absolute atomic E-state index is 13.6. The molecule has 2 N–H and O–H groups in total. The fourth-order valence-corrected chi connectivity index (χ4v) is 2.24. The molecule has 0 radical (unpaired) electrons. The molecule has 0 heterocycles. The first-order valence-corrected chi connectivity index (χ1v) is 6.04. The smallest absolute Gasteiger partial charge is 0.257 e. The highest BCUT2D eigenvalue weighted by molar-refractivity contribution is 5.44. The van der Waals surface area contributed by atoms with Crippen LogP contribution in [0.1, 0.15) is 11.1 Å². The average Bonchev–Trinajstić information content (AvgIpc) is 2.43. The third kappa shape index (κ3) is 2.53. The van der Waals surface area contributed by atoms with Crippen molar-refractivity contribution in [2.45, 2.75) is 18.3 Å². The van der Waals surface area contributed by atoms with Gasteiger partial charge in [-0.3, -0.25) is 0 Å². The highest BCUT2D eigenvalue weighted by Crippen LogP contribution is 2.44. The van der Waals surface area contributed by atoms with Crippen molar-refractivity contribution in [3.05, 3.63) is 59.7 Å². The Labute approximate surface area is 118 Å². The van der Waals surface area contributed by atoms with Gasteiger partial charge in [0.1, 0.15) is 16.9 Å². The largest absolute Gasteiger partial charge is 0.508 e. The summed E-state index contributed by atoms with van der Waals surface area (Å²) in [4.78, 5) is 0. The Balaban J connectivity index is 2.69. The van der Waals surface area contributed by atoms with Crippen LogP contribution in [0.2, 0.25) is 0 Å². The summed E-state index contributed by atoms with van der Waals surface area (Å²) in [6.07, 6.45) is -6.74. The lowest BCUT2D eigenvalue weighted by Crippen LogP contribution is -2.43. The first kappa shape index (κ1) is 15.2. The topological polar surface area (TPSA) is 40.5 Å². The molecule has 2 aromatic carbocycles. The first-order valence-electron chi connectivity index (χ1n) is 6.04. The Morgan fingerprint density at radius 3 is 1.14 bits per heavy atom. The van der Waals surface area contributed by atoms with E-state index in [0.29, 0.717) is 0 Å². The third-order valence-corrected chi connectivity index (χ3v) is 3.38. The van der Waals surface area contributed by atoms with Crippen LogP contribution in [0.3, 0.4) is 0 Å². The van der Waals surface area contributed by atoms with Crippen LogP contribution in [0.15, 0.2) is 48.5 Å². The van der Waals surface area contributed by atoms with Crippen molar-refractivity contribution in [2.75, 3.05) is 0 Å². The molecule has 21 heavy (non-hydrogen) atoms. The van der Waals surface area contributed by atoms with Crippen LogP contribution in [-0.2, 0) is 5.41 Å². The molecule has 0 amide bonds. The second-order valence-corrected chi connectivity index (χ2v) is 4.56. The van der Waals surface area contributed by atoms with Crippen LogP contribution in [0, 0.1) is 0 Å². The number of hydrogen-bond acceptors (Lipinski definition) is 2. The van der Waals surface area contributed by atoms with E-state index in [4.69, 9.17) is 0 Å². The lowest BCUT2D eigenvalue weighted by atomic mass is 9.75. The Kier molecular flexibility index (Phi) is 4.06. The number of aromatic hydroxyl groups is 2. The number of benzene rings is 2. The standard InChI is InChI=1S/C15H12F4O2/c16-13(17)15(14(18)19,9-1-5-11(20)6-2-9)10-3-7-12(21)8-4-10/h1-8,13-14,20-21H. The molecule has 0 atom stereocenters. The minimum absolute atomic E-state index is 0.207. The molecule has 0 unspecified atom stereocenters. The van der Waals surface area contributed by atoms with Gasteiger partial charge in [-0.2, -0.15) is 0 Å². The van der Waals surface area contributed by atoms with Gasteiger partial charge in [-0.15, -0.1) is 0 Å². The molecular formula is C15H12F4O2. The normalized spacial score (nSPS) is 12.1. The number of rotatable bonds is 4. The number of phenolic OH excluding ortho intramolecular Hbond substituents is 2. The van der Waals surface area contributed by atoms with Crippen LogP contribution < -0.4 is 0 Å². The monoisotopic (exact) mass is 300 g/mol. The summed E-state index contributed by atoms with van der Waals surface area (Å²) >= 11 is 0. The van der Waals surface area contributed by atoms with Gasteiger partial charge in [-0.25, -0.2) is 17.6 Å². The summed E-state index contributed by atoms with van der Waals surface area (Å²) < 4.78 is 54.3. The van der Waals surface area contributed by atoms with Gasteiger partial charge in [0.2, 0.25) is 0 Å². The van der Waals surface area contributed by atoms with Gasteiger partial charge < -0.3 is 10.2 Å². The lowest BCUT2D eigenvalue weighted by molar-refractivity contribution is -0.0330. The molecule has 0 aliphatic heterocycles. The van der Waals surface area contributed by atoms with Gasteiger partial charge in [0.15, 0.2) is 0 Å². The molecule has 0 spiro atoms. The minimum Gasteiger partial charge on any atom is -0.508 e. The van der Waals surface area contributed by atoms with Crippen molar-refractivity contribution in [1.29, 1.82) is 0 Å². The van der Waals surface area contributed by atoms with Crippen molar-refractivity contribution in [3.8, 4) is 11.5 Å². The molecule has 0 aliphatic rings. The van der Waals surface area contributed by atoms with Crippen molar-refractivity contribution in [3.63, 3.8) is 0 Å². The maximum atomic E-state index is 13.6. The highest BCUT2D eigenvalue weighted by atomic mass is 19.3. The Hall–Kier alpha value is -2.24. The summed E-state index contributed by atoms with van der Waals surface area (Å²) in [6, 6.07) is 8.48. The molecule has 2 rings (SSSR count). The van der Waals surface area contributed by atoms with Crippen molar-refractivity contribution in [1.82, 2.24) is 0 Å². The predicted molar refractivity (Wildman–Crippen MR) is 69.0 cm³/mol. The van der Waals surface area contributed by atoms with E-state index >= 15 is 0 Å². The SMILES string of the molecule is Oc1ccc(C(c2ccc(O)cc2)(C(F)F)C(F)F)cc1. The second-order valence-electron chi connectivity index (χ2n) is 4.56. The van der Waals surface area contributed by atoms with E-state index in [2.05, 4.69) is 0 Å². The van der Waals surface area contributed by atoms with Crippen molar-refractivity contribution < 1.29 is 27.8 Å². The predicted octanol–water partition coefficient (Wildman–Crippen LogP) is 3.91. The molecule has 0 saturated carbocycles. The average molecular weight is 300 g/mol. The van der Waals surface area contributed by atoms with Crippen LogP contribution in [0.5, 0.6) is 11.5 Å². The summed E-state index contributed by atoms with van der Waals surface area (Å²) in [6.45, 7) is 0. The summed E-state index contributed by atoms with van der Waals surface area (Å²) in [5, 5.41) is 18.4. The van der Waals surface area contributed by atoms with E-state index in [1.54, 1.807) is 0 Å². The van der Waals surface area contributed by atoms with E-state index in [-0.39, 0.29) is 22.6 Å². The lowest BCUT2D eigenvalue weighted by Gasteiger charge is -2.33. The summed E-state index contributed by atoms with van der Waals surface area (Å²) in [7, 11) is 0. The zero-order valence-electron chi connectivity index (χ0n) is 10.7. The van der Waals surface area contributed by atoms with Gasteiger partial charge in [0, 0.05) is 0 Å². The first-order chi connectivity index (χ1) is 9.88. The summed E-state index contributed by atoms with van der Waals surface area (Å²) in [5.41, 5.74) is -3.44. The molecule has 2 aromatic rings. The zero-order chi connectivity index (χ0) is 15.6. The molecule has 6 heteroatoms. The van der Waals surface area contributed by atoms with Crippen LogP contribution >= 0.6 is 0 Å². The Bertz CT molecular complexity index is 539. The quantitative estimate of drug-likeness (QED) is 0.840. The van der Waals surface area contributed by atoms with E-state index in [1.807, 2.05) is 0 Å². The van der Waals surface area contributed by atoms with Gasteiger partial charge in [-0.1, -0.05) is 24.3 Å². The van der Waals surface area contributed by atoms with Gasteiger partial charge in [-0.05, 0) is 35.4 Å². The van der Waals surface area contributed by atoms with Crippen molar-refractivity contribution in [2.24, 2.45) is 0 Å². The molecule has 2 nitrogen and oxygen atoms in total. The molecule has 0 aromatic heterocycles. The van der Waals surface area contributed by atoms with Gasteiger partial charge >= 0.3 is 0 Å². The van der Waals surface area contributed by atoms with E-state index < -0.39 is 18.3 Å². The maximum Gasteiger partial charge on any atom is 0.257 e. The van der Waals surface area contributed by atoms with Gasteiger partial charge in [0.25, 0.3) is 12.9 Å². The fourth-order valence-electron chi connectivity index (χ4n) is 2.24. The molecular weight excluding hydrogens is 288 g/mol. The van der Waals surface area contributed by atoms with Crippen molar-refractivity contribution >= 4 is 0 Å². The molecule has 0 fully saturated rings. The third-order valence-electron chi connectivity index (χ3n) is 3.38. The molecule has 112 valence electrons. The molecule has 0 saturated heterocycles. The fraction of sp³-hybridized carbons (Fsp3) is 0.200. The molecule has 0 aliphatic carbocycles. The van der Waals surface area contributed by atoms with E-state index in [9.17, 15) is 27.8 Å². The van der Waals surface area contributed by atoms with E-state index in [1.165, 1.54) is 0 Å². The second kappa shape index (κ2) is 5.63. The molecule has 0 bridgehead atoms. The van der Waals surface area contributed by atoms with E-state index in [0.717, 1.165) is 48.5 Å². The minimum atomic E-state index is -3.37. The summed E-state index contributed by atoms with van der Waals surface area (Å²) in [5.74, 6) is -0.413. The van der Waals surface area contributed by atoms with Crippen LogP contribution in [0.4, 0.5) is 17.6 Å². The van der Waals surface area contributed by atoms with Gasteiger partial charge in [0.05, 0.1) is 0 Å². The zero-order valence-corrected chi connectivity index (χ0v) is 10.7. The van der Waals surface area contributed by atoms with Crippen LogP contribution in [0.25, 0.3) is 0 Å². The number of hydrogen-bond donors (Lipinski definition) is 2. The number of halogens is 4. The number of alkyl halides is 4.